The van der Waals surface area contributed by atoms with Crippen molar-refractivity contribution in [3.63, 3.8) is 0 Å². The van der Waals surface area contributed by atoms with Crippen molar-refractivity contribution in [2.45, 2.75) is 38.1 Å². The van der Waals surface area contributed by atoms with Gasteiger partial charge in [-0.05, 0) is 56.2 Å². The Hall–Kier alpha value is -3.93. The van der Waals surface area contributed by atoms with Crippen LogP contribution in [0.2, 0.25) is 0 Å². The summed E-state index contributed by atoms with van der Waals surface area (Å²) in [4.78, 5) is 29.7. The number of nitrogens with one attached hydrogen (secondary N) is 1. The third-order valence-electron chi connectivity index (χ3n) is 8.10. The van der Waals surface area contributed by atoms with Crippen LogP contribution in [-0.2, 0) is 21.2 Å². The molecule has 1 unspecified atom stereocenters. The van der Waals surface area contributed by atoms with Crippen LogP contribution in [0.1, 0.15) is 25.1 Å². The second kappa shape index (κ2) is 11.4. The normalized spacial score (nSPS) is 16.9. The highest BCUT2D eigenvalue weighted by molar-refractivity contribution is 7.89. The smallest absolute Gasteiger partial charge is 0.243 e. The standard InChI is InChI=1S/C31H35N7O3S/c1-21-7-8-25(18-32-21)27-5-4-6-28-30(27)33-20-34-31(28)35-22(2)19-36-13-15-37(16-14-36)42(40,41)26-9-10-29-24(17-26)11-12-38(29)23(3)39/h4-10,17-18,20,22H,11-16,19H2,1-3H3,(H,33,34,35). The van der Waals surface area contributed by atoms with E-state index in [4.69, 9.17) is 0 Å². The number of anilines is 2. The van der Waals surface area contributed by atoms with Gasteiger partial charge in [0.15, 0.2) is 0 Å². The SMILES string of the molecule is CC(=O)N1CCc2cc(S(=O)(=O)N3CCN(CC(C)Nc4ncnc5c(-c6ccc(C)nc6)cccc45)CC3)ccc21. The fourth-order valence-corrected chi connectivity index (χ4v) is 7.37. The lowest BCUT2D eigenvalue weighted by molar-refractivity contribution is -0.116. The molecule has 2 aliphatic rings. The Morgan fingerprint density at radius 1 is 1.00 bits per heavy atom. The zero-order valence-electron chi connectivity index (χ0n) is 24.1. The van der Waals surface area contributed by atoms with Gasteiger partial charge in [-0.15, -0.1) is 0 Å². The van der Waals surface area contributed by atoms with Crippen molar-refractivity contribution in [1.82, 2.24) is 24.2 Å². The first-order chi connectivity index (χ1) is 20.2. The summed E-state index contributed by atoms with van der Waals surface area (Å²) in [6, 6.07) is 15.3. The average molecular weight is 586 g/mol. The number of hydrogen-bond donors (Lipinski definition) is 1. The molecule has 42 heavy (non-hydrogen) atoms. The number of carbonyl (C=O) groups is 1. The molecule has 0 saturated carbocycles. The number of aryl methyl sites for hydroxylation is 1. The molecule has 2 aromatic heterocycles. The summed E-state index contributed by atoms with van der Waals surface area (Å²) >= 11 is 0. The molecule has 4 heterocycles. The van der Waals surface area contributed by atoms with Crippen LogP contribution in [0.15, 0.2) is 66.0 Å². The molecule has 218 valence electrons. The van der Waals surface area contributed by atoms with Crippen LogP contribution < -0.4 is 10.2 Å². The first-order valence-electron chi connectivity index (χ1n) is 14.3. The minimum absolute atomic E-state index is 0.0263. The van der Waals surface area contributed by atoms with E-state index in [-0.39, 0.29) is 11.9 Å². The molecule has 4 aromatic rings. The van der Waals surface area contributed by atoms with Crippen LogP contribution in [0.3, 0.4) is 0 Å². The van der Waals surface area contributed by atoms with Crippen molar-refractivity contribution < 1.29 is 13.2 Å². The lowest BCUT2D eigenvalue weighted by Gasteiger charge is -2.35. The van der Waals surface area contributed by atoms with Gasteiger partial charge in [-0.3, -0.25) is 14.7 Å². The number of benzene rings is 2. The predicted molar refractivity (Wildman–Crippen MR) is 164 cm³/mol. The maximum atomic E-state index is 13.4. The van der Waals surface area contributed by atoms with Crippen molar-refractivity contribution in [3.05, 3.63) is 72.3 Å². The molecule has 6 rings (SSSR count). The van der Waals surface area contributed by atoms with Crippen LogP contribution >= 0.6 is 0 Å². The van der Waals surface area contributed by atoms with Gasteiger partial charge < -0.3 is 10.2 Å². The van der Waals surface area contributed by atoms with E-state index >= 15 is 0 Å². The molecule has 10 nitrogen and oxygen atoms in total. The van der Waals surface area contributed by atoms with E-state index in [1.807, 2.05) is 37.4 Å². The fourth-order valence-electron chi connectivity index (χ4n) is 5.90. The van der Waals surface area contributed by atoms with Crippen LogP contribution in [0, 0.1) is 6.92 Å². The van der Waals surface area contributed by atoms with Crippen LogP contribution in [0.4, 0.5) is 11.5 Å². The first kappa shape index (κ1) is 28.2. The van der Waals surface area contributed by atoms with Gasteiger partial charge in [-0.2, -0.15) is 4.31 Å². The molecule has 1 fully saturated rings. The summed E-state index contributed by atoms with van der Waals surface area (Å²) in [5.41, 5.74) is 5.57. The largest absolute Gasteiger partial charge is 0.366 e. The lowest BCUT2D eigenvalue weighted by atomic mass is 10.0. The third-order valence-corrected chi connectivity index (χ3v) is 9.99. The summed E-state index contributed by atoms with van der Waals surface area (Å²) < 4.78 is 28.4. The molecule has 1 atom stereocenters. The monoisotopic (exact) mass is 585 g/mol. The number of carbonyl (C=O) groups excluding carboxylic acids is 1. The Balaban J connectivity index is 1.09. The molecule has 11 heteroatoms. The Bertz CT molecular complexity index is 1740. The van der Waals surface area contributed by atoms with Gasteiger partial charge in [0, 0.05) is 86.3 Å². The van der Waals surface area contributed by atoms with Crippen molar-refractivity contribution in [1.29, 1.82) is 0 Å². The lowest BCUT2D eigenvalue weighted by Crippen LogP contribution is -2.50. The number of piperazine rings is 1. The Labute approximate surface area is 246 Å². The highest BCUT2D eigenvalue weighted by Gasteiger charge is 2.31. The van der Waals surface area contributed by atoms with Gasteiger partial charge in [-0.25, -0.2) is 18.4 Å². The third kappa shape index (κ3) is 5.47. The highest BCUT2D eigenvalue weighted by atomic mass is 32.2. The average Bonchev–Trinajstić information content (AvgIpc) is 3.42. The van der Waals surface area contributed by atoms with Crippen LogP contribution in [-0.4, -0.2) is 83.8 Å². The van der Waals surface area contributed by atoms with Gasteiger partial charge >= 0.3 is 0 Å². The minimum Gasteiger partial charge on any atom is -0.366 e. The molecule has 2 aromatic carbocycles. The number of hydrogen-bond acceptors (Lipinski definition) is 8. The van der Waals surface area contributed by atoms with Crippen LogP contribution in [0.25, 0.3) is 22.0 Å². The Kier molecular flexibility index (Phi) is 7.65. The maximum absolute atomic E-state index is 13.4. The molecular weight excluding hydrogens is 550 g/mol. The summed E-state index contributed by atoms with van der Waals surface area (Å²) in [6.45, 7) is 9.09. The summed E-state index contributed by atoms with van der Waals surface area (Å²) in [6.07, 6.45) is 4.12. The quantitative estimate of drug-likeness (QED) is 0.350. The molecule has 0 bridgehead atoms. The number of para-hydroxylation sites is 1. The number of sulfonamides is 1. The van der Waals surface area contributed by atoms with E-state index in [1.165, 1.54) is 6.92 Å². The van der Waals surface area contributed by atoms with E-state index in [9.17, 15) is 13.2 Å². The van der Waals surface area contributed by atoms with E-state index in [0.717, 1.165) is 51.3 Å². The van der Waals surface area contributed by atoms with Crippen molar-refractivity contribution in [2.24, 2.45) is 0 Å². The fraction of sp³-hybridized carbons (Fsp3) is 0.355. The van der Waals surface area contributed by atoms with Gasteiger partial charge in [0.25, 0.3) is 0 Å². The van der Waals surface area contributed by atoms with Crippen LogP contribution in [0.5, 0.6) is 0 Å². The second-order valence-electron chi connectivity index (χ2n) is 11.1. The highest BCUT2D eigenvalue weighted by Crippen LogP contribution is 2.32. The Morgan fingerprint density at radius 2 is 1.81 bits per heavy atom. The van der Waals surface area contributed by atoms with E-state index in [0.29, 0.717) is 44.0 Å². The number of nitrogens with zero attached hydrogens (tertiary/aromatic N) is 6. The molecule has 0 radical (unpaired) electrons. The number of aromatic nitrogens is 3. The van der Waals surface area contributed by atoms with Gasteiger partial charge in [0.05, 0.1) is 10.4 Å². The summed E-state index contributed by atoms with van der Waals surface area (Å²) in [7, 11) is -3.61. The first-order valence-corrected chi connectivity index (χ1v) is 15.7. The number of rotatable bonds is 7. The van der Waals surface area contributed by atoms with Gasteiger partial charge in [0.1, 0.15) is 12.1 Å². The molecule has 0 spiro atoms. The summed E-state index contributed by atoms with van der Waals surface area (Å²) in [5.74, 6) is 0.747. The van der Waals surface area contributed by atoms with Crippen molar-refractivity contribution in [3.8, 4) is 11.1 Å². The molecule has 1 saturated heterocycles. The second-order valence-corrected chi connectivity index (χ2v) is 13.0. The van der Waals surface area contributed by atoms with Gasteiger partial charge in [0.2, 0.25) is 15.9 Å². The topological polar surface area (TPSA) is 112 Å². The predicted octanol–water partition coefficient (Wildman–Crippen LogP) is 3.72. The van der Waals surface area contributed by atoms with Crippen molar-refractivity contribution in [2.75, 3.05) is 49.5 Å². The van der Waals surface area contributed by atoms with Crippen molar-refractivity contribution >= 4 is 38.3 Å². The van der Waals surface area contributed by atoms with Gasteiger partial charge in [-0.1, -0.05) is 18.2 Å². The van der Waals surface area contributed by atoms with E-state index in [1.54, 1.807) is 33.7 Å². The molecular formula is C31H35N7O3S. The molecule has 2 aliphatic heterocycles. The molecule has 1 N–H and O–H groups in total. The Morgan fingerprint density at radius 3 is 2.55 bits per heavy atom. The zero-order chi connectivity index (χ0) is 29.4. The number of pyridine rings is 1. The molecule has 0 aliphatic carbocycles. The summed E-state index contributed by atoms with van der Waals surface area (Å²) in [5, 5.41) is 4.50. The van der Waals surface area contributed by atoms with E-state index in [2.05, 4.69) is 38.2 Å². The minimum atomic E-state index is -3.61. The maximum Gasteiger partial charge on any atom is 0.243 e. The number of amides is 1. The van der Waals surface area contributed by atoms with E-state index < -0.39 is 10.0 Å². The zero-order valence-corrected chi connectivity index (χ0v) is 24.9. The molecule has 1 amide bonds. The number of fused-ring (bicyclic) bond motifs is 2.